The largest absolute Gasteiger partial charge is 0.497 e. The van der Waals surface area contributed by atoms with Gasteiger partial charge in [-0.2, -0.15) is 13.2 Å². The minimum Gasteiger partial charge on any atom is -0.497 e. The molecule has 22 heavy (non-hydrogen) atoms. The molecule has 1 saturated heterocycles. The normalized spacial score (nSPS) is 16.4. The maximum Gasteiger partial charge on any atom is 0.406 e. The first-order valence-corrected chi connectivity index (χ1v) is 7.00. The fraction of sp³-hybridized carbons (Fsp3) is 0.533. The van der Waals surface area contributed by atoms with Gasteiger partial charge in [-0.25, -0.2) is 0 Å². The highest BCUT2D eigenvalue weighted by Gasteiger charge is 2.37. The number of alkyl halides is 3. The predicted molar refractivity (Wildman–Crippen MR) is 73.9 cm³/mol. The molecule has 1 heterocycles. The average Bonchev–Trinajstić information content (AvgIpc) is 2.52. The quantitative estimate of drug-likeness (QED) is 0.857. The van der Waals surface area contributed by atoms with Gasteiger partial charge in [0.25, 0.3) is 5.91 Å². The molecule has 0 aromatic heterocycles. The van der Waals surface area contributed by atoms with Gasteiger partial charge in [-0.15, -0.1) is 0 Å². The summed E-state index contributed by atoms with van der Waals surface area (Å²) >= 11 is 0. The van der Waals surface area contributed by atoms with Gasteiger partial charge in [0, 0.05) is 24.8 Å². The Balaban J connectivity index is 2.19. The van der Waals surface area contributed by atoms with Crippen molar-refractivity contribution in [2.75, 3.05) is 26.9 Å². The third-order valence-electron chi connectivity index (χ3n) is 3.58. The van der Waals surface area contributed by atoms with E-state index in [1.165, 1.54) is 19.2 Å². The molecule has 1 aliphatic heterocycles. The molecule has 0 saturated carbocycles. The smallest absolute Gasteiger partial charge is 0.406 e. The number of carbonyl (C=O) groups excluding carboxylic acids is 1. The van der Waals surface area contributed by atoms with Crippen LogP contribution in [0.1, 0.15) is 23.2 Å². The van der Waals surface area contributed by atoms with Crippen LogP contribution in [0.15, 0.2) is 24.3 Å². The molecule has 4 nitrogen and oxygen atoms in total. The van der Waals surface area contributed by atoms with Gasteiger partial charge in [-0.3, -0.25) is 4.79 Å². The van der Waals surface area contributed by atoms with Crippen molar-refractivity contribution in [1.82, 2.24) is 4.90 Å². The standard InChI is InChI=1S/C15H18F3NO3/c1-21-13-4-2-11(3-5-13)14(20)19(10-15(16,17)18)12-6-8-22-9-7-12/h2-5,12H,6-10H2,1H3. The lowest BCUT2D eigenvalue weighted by Gasteiger charge is -2.34. The number of nitrogens with zero attached hydrogens (tertiary/aromatic N) is 1. The molecule has 0 radical (unpaired) electrons. The Labute approximate surface area is 126 Å². The SMILES string of the molecule is COc1ccc(C(=O)N(CC(F)(F)F)C2CCOCC2)cc1. The third-order valence-corrected chi connectivity index (χ3v) is 3.58. The molecule has 122 valence electrons. The number of methoxy groups -OCH3 is 1. The van der Waals surface area contributed by atoms with Crippen LogP contribution in [-0.2, 0) is 4.74 Å². The van der Waals surface area contributed by atoms with E-state index in [1.807, 2.05) is 0 Å². The summed E-state index contributed by atoms with van der Waals surface area (Å²) in [5, 5.41) is 0. The van der Waals surface area contributed by atoms with Crippen LogP contribution in [-0.4, -0.2) is 49.9 Å². The molecule has 1 amide bonds. The molecule has 0 aliphatic carbocycles. The summed E-state index contributed by atoms with van der Waals surface area (Å²) in [5.74, 6) is -0.0723. The highest BCUT2D eigenvalue weighted by atomic mass is 19.4. The number of amides is 1. The minimum absolute atomic E-state index is 0.219. The van der Waals surface area contributed by atoms with Crippen LogP contribution < -0.4 is 4.74 Å². The summed E-state index contributed by atoms with van der Waals surface area (Å²) in [6.45, 7) is -0.508. The molecule has 0 bridgehead atoms. The first-order valence-electron chi connectivity index (χ1n) is 7.00. The summed E-state index contributed by atoms with van der Waals surface area (Å²) in [6, 6.07) is 5.62. The van der Waals surface area contributed by atoms with Crippen molar-refractivity contribution in [1.29, 1.82) is 0 Å². The summed E-state index contributed by atoms with van der Waals surface area (Å²) < 4.78 is 48.6. The molecular formula is C15H18F3NO3. The molecule has 0 spiro atoms. The second-order valence-corrected chi connectivity index (χ2v) is 5.12. The van der Waals surface area contributed by atoms with Crippen molar-refractivity contribution in [2.24, 2.45) is 0 Å². The lowest BCUT2D eigenvalue weighted by Crippen LogP contribution is -2.47. The zero-order valence-electron chi connectivity index (χ0n) is 12.2. The highest BCUT2D eigenvalue weighted by molar-refractivity contribution is 5.94. The van der Waals surface area contributed by atoms with Gasteiger partial charge in [0.2, 0.25) is 0 Å². The van der Waals surface area contributed by atoms with Gasteiger partial charge in [-0.05, 0) is 37.1 Å². The van der Waals surface area contributed by atoms with Gasteiger partial charge in [0.15, 0.2) is 0 Å². The van der Waals surface area contributed by atoms with Crippen LogP contribution in [0, 0.1) is 0 Å². The van der Waals surface area contributed by atoms with Gasteiger partial charge in [0.05, 0.1) is 7.11 Å². The fourth-order valence-electron chi connectivity index (χ4n) is 2.46. The van der Waals surface area contributed by atoms with E-state index in [0.29, 0.717) is 31.8 Å². The van der Waals surface area contributed by atoms with Crippen molar-refractivity contribution >= 4 is 5.91 Å². The predicted octanol–water partition coefficient (Wildman–Crippen LogP) is 2.88. The molecule has 2 rings (SSSR count). The number of hydrogen-bond donors (Lipinski definition) is 0. The summed E-state index contributed by atoms with van der Waals surface area (Å²) in [4.78, 5) is 13.4. The first-order chi connectivity index (χ1) is 10.4. The molecule has 1 aliphatic rings. The van der Waals surface area contributed by atoms with Crippen LogP contribution in [0.5, 0.6) is 5.75 Å². The third kappa shape index (κ3) is 4.37. The van der Waals surface area contributed by atoms with Gasteiger partial charge >= 0.3 is 6.18 Å². The zero-order valence-corrected chi connectivity index (χ0v) is 12.2. The summed E-state index contributed by atoms with van der Waals surface area (Å²) in [5.41, 5.74) is 0.219. The molecule has 1 aromatic rings. The van der Waals surface area contributed by atoms with E-state index in [9.17, 15) is 18.0 Å². The number of rotatable bonds is 4. The van der Waals surface area contributed by atoms with E-state index >= 15 is 0 Å². The van der Waals surface area contributed by atoms with Crippen molar-refractivity contribution in [3.63, 3.8) is 0 Å². The Morgan fingerprint density at radius 3 is 2.36 bits per heavy atom. The van der Waals surface area contributed by atoms with E-state index in [1.54, 1.807) is 12.1 Å². The highest BCUT2D eigenvalue weighted by Crippen LogP contribution is 2.24. The van der Waals surface area contributed by atoms with Crippen LogP contribution in [0.2, 0.25) is 0 Å². The van der Waals surface area contributed by atoms with Crippen molar-refractivity contribution in [3.8, 4) is 5.75 Å². The zero-order chi connectivity index (χ0) is 16.2. The lowest BCUT2D eigenvalue weighted by molar-refractivity contribution is -0.147. The Morgan fingerprint density at radius 2 is 1.86 bits per heavy atom. The van der Waals surface area contributed by atoms with E-state index in [4.69, 9.17) is 9.47 Å². The Hall–Kier alpha value is -1.76. The minimum atomic E-state index is -4.43. The molecule has 0 unspecified atom stereocenters. The van der Waals surface area contributed by atoms with E-state index in [-0.39, 0.29) is 5.56 Å². The Kier molecular flexibility index (Phi) is 5.28. The summed E-state index contributed by atoms with van der Waals surface area (Å²) in [7, 11) is 1.48. The van der Waals surface area contributed by atoms with Gasteiger partial charge in [-0.1, -0.05) is 0 Å². The second-order valence-electron chi connectivity index (χ2n) is 5.12. The maximum absolute atomic E-state index is 12.8. The monoisotopic (exact) mass is 317 g/mol. The fourth-order valence-corrected chi connectivity index (χ4v) is 2.46. The van der Waals surface area contributed by atoms with Crippen LogP contribution in [0.3, 0.4) is 0 Å². The van der Waals surface area contributed by atoms with Crippen LogP contribution in [0.4, 0.5) is 13.2 Å². The number of carbonyl (C=O) groups is 1. The maximum atomic E-state index is 12.8. The molecule has 0 N–H and O–H groups in total. The molecule has 7 heteroatoms. The van der Waals surface area contributed by atoms with Crippen molar-refractivity contribution in [2.45, 2.75) is 25.1 Å². The number of halogens is 3. The number of benzene rings is 1. The Bertz CT molecular complexity index is 496. The van der Waals surface area contributed by atoms with Crippen molar-refractivity contribution in [3.05, 3.63) is 29.8 Å². The average molecular weight is 317 g/mol. The topological polar surface area (TPSA) is 38.8 Å². The van der Waals surface area contributed by atoms with E-state index in [2.05, 4.69) is 0 Å². The van der Waals surface area contributed by atoms with Gasteiger partial charge in [0.1, 0.15) is 12.3 Å². The van der Waals surface area contributed by atoms with Crippen molar-refractivity contribution < 1.29 is 27.4 Å². The van der Waals surface area contributed by atoms with Gasteiger partial charge < -0.3 is 14.4 Å². The molecule has 1 fully saturated rings. The van der Waals surface area contributed by atoms with Crippen LogP contribution >= 0.6 is 0 Å². The van der Waals surface area contributed by atoms with E-state index in [0.717, 1.165) is 4.90 Å². The first kappa shape index (κ1) is 16.6. The molecule has 0 atom stereocenters. The van der Waals surface area contributed by atoms with E-state index < -0.39 is 24.7 Å². The Morgan fingerprint density at radius 1 is 1.27 bits per heavy atom. The number of hydrogen-bond acceptors (Lipinski definition) is 3. The van der Waals surface area contributed by atoms with Crippen LogP contribution in [0.25, 0.3) is 0 Å². The molecular weight excluding hydrogens is 299 g/mol. The number of ether oxygens (including phenoxy) is 2. The lowest BCUT2D eigenvalue weighted by atomic mass is 10.1. The molecule has 1 aromatic carbocycles. The summed E-state index contributed by atoms with van der Waals surface area (Å²) in [6.07, 6.45) is -3.60. The second kappa shape index (κ2) is 7.00.